The van der Waals surface area contributed by atoms with Crippen LogP contribution in [-0.4, -0.2) is 36.7 Å². The summed E-state index contributed by atoms with van der Waals surface area (Å²) in [4.78, 5) is 23.6. The molecule has 2 amide bonds. The largest absolute Gasteiger partial charge is 0.484 e. The summed E-state index contributed by atoms with van der Waals surface area (Å²) in [6.07, 6.45) is 0.575. The van der Waals surface area contributed by atoms with Crippen LogP contribution in [0.5, 0.6) is 5.75 Å². The highest BCUT2D eigenvalue weighted by atomic mass is 16.5. The molecule has 0 spiro atoms. The summed E-state index contributed by atoms with van der Waals surface area (Å²) in [6, 6.07) is 8.28. The quantitative estimate of drug-likeness (QED) is 0.674. The van der Waals surface area contributed by atoms with E-state index in [-0.39, 0.29) is 18.4 Å². The minimum absolute atomic E-state index is 0.0663. The molecule has 0 aliphatic carbocycles. The van der Waals surface area contributed by atoms with Gasteiger partial charge in [-0.1, -0.05) is 18.1 Å². The maximum atomic E-state index is 12.4. The molecular weight excluding hydrogens is 324 g/mol. The Kier molecular flexibility index (Phi) is 6.39. The van der Waals surface area contributed by atoms with Crippen molar-refractivity contribution in [2.45, 2.75) is 26.3 Å². The molecule has 3 N–H and O–H groups in total. The summed E-state index contributed by atoms with van der Waals surface area (Å²) in [7, 11) is 1.55. The zero-order valence-corrected chi connectivity index (χ0v) is 14.5. The van der Waals surface area contributed by atoms with Crippen LogP contribution in [0.2, 0.25) is 0 Å². The van der Waals surface area contributed by atoms with Crippen LogP contribution < -0.4 is 20.7 Å². The fraction of sp³-hybridized carbons (Fsp3) is 0.353. The van der Waals surface area contributed by atoms with Gasteiger partial charge in [0.25, 0.3) is 5.91 Å². The first kappa shape index (κ1) is 18.3. The highest BCUT2D eigenvalue weighted by Crippen LogP contribution is 2.19. The Labute approximate surface area is 145 Å². The predicted molar refractivity (Wildman–Crippen MR) is 93.6 cm³/mol. The van der Waals surface area contributed by atoms with E-state index >= 15 is 0 Å². The molecular formula is C17H22N4O4. The highest BCUT2D eigenvalue weighted by Gasteiger charge is 2.18. The molecule has 0 radical (unpaired) electrons. The van der Waals surface area contributed by atoms with Crippen molar-refractivity contribution in [1.82, 2.24) is 10.5 Å². The second kappa shape index (κ2) is 8.72. The van der Waals surface area contributed by atoms with Crippen LogP contribution in [0.3, 0.4) is 0 Å². The third-order valence-electron chi connectivity index (χ3n) is 3.43. The highest BCUT2D eigenvalue weighted by molar-refractivity contribution is 5.95. The molecule has 0 aliphatic rings. The van der Waals surface area contributed by atoms with Gasteiger partial charge in [0.1, 0.15) is 17.6 Å². The Bertz CT molecular complexity index is 729. The zero-order chi connectivity index (χ0) is 18.2. The maximum Gasteiger partial charge on any atom is 0.257 e. The van der Waals surface area contributed by atoms with Gasteiger partial charge in [-0.25, -0.2) is 0 Å². The van der Waals surface area contributed by atoms with Gasteiger partial charge in [-0.3, -0.25) is 9.59 Å². The van der Waals surface area contributed by atoms with E-state index in [0.717, 1.165) is 0 Å². The van der Waals surface area contributed by atoms with Gasteiger partial charge in [-0.15, -0.1) is 0 Å². The lowest BCUT2D eigenvalue weighted by Crippen LogP contribution is -2.34. The number of nitrogens with zero attached hydrogens (tertiary/aromatic N) is 1. The number of hydrogen-bond donors (Lipinski definition) is 3. The number of anilines is 2. The average molecular weight is 346 g/mol. The summed E-state index contributed by atoms with van der Waals surface area (Å²) in [5.41, 5.74) is 0.715. The molecule has 1 aromatic heterocycles. The van der Waals surface area contributed by atoms with E-state index < -0.39 is 6.04 Å². The van der Waals surface area contributed by atoms with Crippen LogP contribution in [0.25, 0.3) is 0 Å². The fourth-order valence-corrected chi connectivity index (χ4v) is 2.09. The molecule has 8 nitrogen and oxygen atoms in total. The molecule has 1 aromatic carbocycles. The number of aryl methyl sites for hydroxylation is 1. The number of aromatic nitrogens is 1. The lowest BCUT2D eigenvalue weighted by Gasteiger charge is -2.17. The molecule has 0 unspecified atom stereocenters. The van der Waals surface area contributed by atoms with Gasteiger partial charge < -0.3 is 25.2 Å². The normalized spacial score (nSPS) is 11.5. The summed E-state index contributed by atoms with van der Waals surface area (Å²) in [5, 5.41) is 12.1. The Morgan fingerprint density at radius 2 is 2.12 bits per heavy atom. The number of hydrogen-bond acceptors (Lipinski definition) is 6. The summed E-state index contributed by atoms with van der Waals surface area (Å²) in [5.74, 6) is 1.11. The molecule has 8 heteroatoms. The third kappa shape index (κ3) is 5.52. The van der Waals surface area contributed by atoms with Crippen molar-refractivity contribution < 1.29 is 18.8 Å². The first-order valence-electron chi connectivity index (χ1n) is 7.96. The van der Waals surface area contributed by atoms with Crippen LogP contribution in [0.15, 0.2) is 34.9 Å². The van der Waals surface area contributed by atoms with Crippen molar-refractivity contribution in [3.63, 3.8) is 0 Å². The summed E-state index contributed by atoms with van der Waals surface area (Å²) in [6.45, 7) is 3.59. The number of carbonyl (C=O) groups is 2. The van der Waals surface area contributed by atoms with Crippen molar-refractivity contribution in [2.24, 2.45) is 0 Å². The van der Waals surface area contributed by atoms with Gasteiger partial charge in [0.2, 0.25) is 5.91 Å². The minimum atomic E-state index is -0.453. The van der Waals surface area contributed by atoms with Crippen molar-refractivity contribution >= 4 is 23.3 Å². The van der Waals surface area contributed by atoms with Crippen molar-refractivity contribution in [1.29, 1.82) is 0 Å². The van der Waals surface area contributed by atoms with Gasteiger partial charge >= 0.3 is 0 Å². The van der Waals surface area contributed by atoms with E-state index in [4.69, 9.17) is 9.26 Å². The number of nitrogens with one attached hydrogen (secondary N) is 3. The molecule has 1 heterocycles. The Morgan fingerprint density at radius 3 is 2.76 bits per heavy atom. The Balaban J connectivity index is 1.98. The molecule has 2 aromatic rings. The summed E-state index contributed by atoms with van der Waals surface area (Å²) < 4.78 is 10.3. The SMILES string of the molecule is CC[C@H](Nc1cccc(OCC(=O)NC)c1)C(=O)Nc1cc(C)on1. The van der Waals surface area contributed by atoms with Crippen molar-refractivity contribution in [2.75, 3.05) is 24.3 Å². The van der Waals surface area contributed by atoms with E-state index in [0.29, 0.717) is 29.4 Å². The lowest BCUT2D eigenvalue weighted by molar-refractivity contribution is -0.122. The number of benzene rings is 1. The molecule has 134 valence electrons. The zero-order valence-electron chi connectivity index (χ0n) is 14.5. The summed E-state index contributed by atoms with van der Waals surface area (Å²) >= 11 is 0. The van der Waals surface area contributed by atoms with Gasteiger partial charge in [0.05, 0.1) is 0 Å². The third-order valence-corrected chi connectivity index (χ3v) is 3.43. The number of amides is 2. The van der Waals surface area contributed by atoms with Gasteiger partial charge in [-0.2, -0.15) is 0 Å². The molecule has 0 bridgehead atoms. The van der Waals surface area contributed by atoms with Gasteiger partial charge in [-0.05, 0) is 25.5 Å². The second-order valence-electron chi connectivity index (χ2n) is 5.41. The van der Waals surface area contributed by atoms with Gasteiger partial charge in [0, 0.05) is 24.9 Å². The standard InChI is InChI=1S/C17H22N4O4/c1-4-14(17(23)20-15-8-11(2)25-21-15)19-12-6-5-7-13(9-12)24-10-16(22)18-3/h5-9,14,19H,4,10H2,1-3H3,(H,18,22)(H,20,21,23)/t14-/m0/s1. The lowest BCUT2D eigenvalue weighted by atomic mass is 10.2. The van der Waals surface area contributed by atoms with Gasteiger partial charge in [0.15, 0.2) is 12.4 Å². The van der Waals surface area contributed by atoms with Crippen LogP contribution in [-0.2, 0) is 9.59 Å². The van der Waals surface area contributed by atoms with E-state index in [1.165, 1.54) is 0 Å². The van der Waals surface area contributed by atoms with Crippen LogP contribution in [0.4, 0.5) is 11.5 Å². The molecule has 2 rings (SSSR count). The molecule has 25 heavy (non-hydrogen) atoms. The van der Waals surface area contributed by atoms with Crippen LogP contribution >= 0.6 is 0 Å². The minimum Gasteiger partial charge on any atom is -0.484 e. The van der Waals surface area contributed by atoms with Crippen LogP contribution in [0, 0.1) is 6.92 Å². The molecule has 0 aliphatic heterocycles. The molecule has 0 saturated heterocycles. The fourth-order valence-electron chi connectivity index (χ4n) is 2.09. The molecule has 1 atom stereocenters. The average Bonchev–Trinajstić information content (AvgIpc) is 3.02. The first-order chi connectivity index (χ1) is 12.0. The van der Waals surface area contributed by atoms with E-state index in [2.05, 4.69) is 21.1 Å². The van der Waals surface area contributed by atoms with E-state index in [1.54, 1.807) is 38.2 Å². The van der Waals surface area contributed by atoms with Crippen molar-refractivity contribution in [3.8, 4) is 5.75 Å². The predicted octanol–water partition coefficient (Wildman–Crippen LogP) is 1.94. The number of rotatable bonds is 8. The van der Waals surface area contributed by atoms with E-state index in [9.17, 15) is 9.59 Å². The molecule has 0 saturated carbocycles. The Morgan fingerprint density at radius 1 is 1.32 bits per heavy atom. The molecule has 0 fully saturated rings. The second-order valence-corrected chi connectivity index (χ2v) is 5.41. The first-order valence-corrected chi connectivity index (χ1v) is 7.96. The number of ether oxygens (including phenoxy) is 1. The number of likely N-dealkylation sites (N-methyl/N-ethyl adjacent to an activating group) is 1. The number of carbonyl (C=O) groups excluding carboxylic acids is 2. The van der Waals surface area contributed by atoms with E-state index in [1.807, 2.05) is 13.0 Å². The Hall–Kier alpha value is -3.03. The monoisotopic (exact) mass is 346 g/mol. The van der Waals surface area contributed by atoms with Crippen LogP contribution in [0.1, 0.15) is 19.1 Å². The maximum absolute atomic E-state index is 12.4. The topological polar surface area (TPSA) is 105 Å². The van der Waals surface area contributed by atoms with Crippen molar-refractivity contribution in [3.05, 3.63) is 36.1 Å². The smallest absolute Gasteiger partial charge is 0.257 e.